The fourth-order valence-corrected chi connectivity index (χ4v) is 1.98. The van der Waals surface area contributed by atoms with Gasteiger partial charge in [0.15, 0.2) is 0 Å². The highest BCUT2D eigenvalue weighted by Gasteiger charge is 2.22. The quantitative estimate of drug-likeness (QED) is 0.688. The van der Waals surface area contributed by atoms with Crippen LogP contribution in [0.2, 0.25) is 0 Å². The van der Waals surface area contributed by atoms with Gasteiger partial charge in [0.25, 0.3) is 0 Å². The minimum atomic E-state index is -0.443. The van der Waals surface area contributed by atoms with Gasteiger partial charge in [-0.15, -0.1) is 0 Å². The third-order valence-corrected chi connectivity index (χ3v) is 2.65. The van der Waals surface area contributed by atoms with Crippen LogP contribution < -0.4 is 0 Å². The molecule has 2 rings (SSSR count). The van der Waals surface area contributed by atoms with E-state index in [9.17, 15) is 9.90 Å². The summed E-state index contributed by atoms with van der Waals surface area (Å²) in [5.41, 5.74) is 2.46. The Labute approximate surface area is 82.3 Å². The number of carbonyl (C=O) groups excluding carboxylic acids is 1. The Morgan fingerprint density at radius 2 is 2.21 bits per heavy atom. The Bertz CT molecular complexity index is 382. The summed E-state index contributed by atoms with van der Waals surface area (Å²) in [5.74, 6) is -0.418. The lowest BCUT2D eigenvalue weighted by Gasteiger charge is -2.08. The maximum atomic E-state index is 11.4. The Hall–Kier alpha value is -1.51. The van der Waals surface area contributed by atoms with Crippen LogP contribution >= 0.6 is 0 Å². The predicted molar refractivity (Wildman–Crippen MR) is 51.5 cm³/mol. The standard InChI is InChI=1S/C11H12O3/c1-14-11(13)10-8-4-2-3-7(8)5-6-9(10)12/h5-6,12H,2-4H2,1H3. The molecule has 1 aliphatic rings. The summed E-state index contributed by atoms with van der Waals surface area (Å²) in [6.07, 6.45) is 2.89. The van der Waals surface area contributed by atoms with Crippen molar-refractivity contribution in [3.05, 3.63) is 28.8 Å². The molecular weight excluding hydrogens is 180 g/mol. The van der Waals surface area contributed by atoms with Crippen molar-refractivity contribution < 1.29 is 14.6 Å². The molecule has 0 atom stereocenters. The summed E-state index contributed by atoms with van der Waals surface area (Å²) in [6.45, 7) is 0. The van der Waals surface area contributed by atoms with Crippen molar-refractivity contribution in [3.63, 3.8) is 0 Å². The van der Waals surface area contributed by atoms with Crippen LogP contribution in [-0.4, -0.2) is 18.2 Å². The third kappa shape index (κ3) is 1.25. The number of esters is 1. The third-order valence-electron chi connectivity index (χ3n) is 2.65. The topological polar surface area (TPSA) is 46.5 Å². The van der Waals surface area contributed by atoms with Crippen LogP contribution in [0.3, 0.4) is 0 Å². The van der Waals surface area contributed by atoms with Crippen molar-refractivity contribution in [2.45, 2.75) is 19.3 Å². The Morgan fingerprint density at radius 1 is 1.43 bits per heavy atom. The van der Waals surface area contributed by atoms with E-state index in [1.165, 1.54) is 7.11 Å². The zero-order chi connectivity index (χ0) is 10.1. The molecule has 1 aromatic rings. The van der Waals surface area contributed by atoms with E-state index < -0.39 is 5.97 Å². The summed E-state index contributed by atoms with van der Waals surface area (Å²) in [6, 6.07) is 3.44. The average Bonchev–Trinajstić information content (AvgIpc) is 2.64. The molecule has 0 unspecified atom stereocenters. The number of aryl methyl sites for hydroxylation is 1. The number of rotatable bonds is 1. The van der Waals surface area contributed by atoms with Gasteiger partial charge in [0, 0.05) is 0 Å². The van der Waals surface area contributed by atoms with Gasteiger partial charge >= 0.3 is 5.97 Å². The number of methoxy groups -OCH3 is 1. The van der Waals surface area contributed by atoms with Crippen LogP contribution in [0.4, 0.5) is 0 Å². The Kier molecular flexibility index (Phi) is 2.15. The highest BCUT2D eigenvalue weighted by molar-refractivity contribution is 5.94. The van der Waals surface area contributed by atoms with Crippen molar-refractivity contribution in [2.24, 2.45) is 0 Å². The number of fused-ring (bicyclic) bond motifs is 1. The molecule has 0 aliphatic heterocycles. The van der Waals surface area contributed by atoms with Crippen molar-refractivity contribution in [1.29, 1.82) is 0 Å². The molecule has 1 aromatic carbocycles. The van der Waals surface area contributed by atoms with E-state index in [0.717, 1.165) is 30.4 Å². The number of phenolic OH excluding ortho intramolecular Hbond substituents is 1. The van der Waals surface area contributed by atoms with E-state index in [1.807, 2.05) is 6.07 Å². The van der Waals surface area contributed by atoms with Gasteiger partial charge in [-0.3, -0.25) is 0 Å². The van der Waals surface area contributed by atoms with Gasteiger partial charge < -0.3 is 9.84 Å². The molecule has 1 N–H and O–H groups in total. The smallest absolute Gasteiger partial charge is 0.341 e. The van der Waals surface area contributed by atoms with E-state index in [4.69, 9.17) is 0 Å². The first-order valence-electron chi connectivity index (χ1n) is 4.66. The second-order valence-electron chi connectivity index (χ2n) is 3.44. The second kappa shape index (κ2) is 3.33. The van der Waals surface area contributed by atoms with E-state index in [-0.39, 0.29) is 5.75 Å². The van der Waals surface area contributed by atoms with Gasteiger partial charge in [-0.2, -0.15) is 0 Å². The summed E-state index contributed by atoms with van der Waals surface area (Å²) in [5, 5.41) is 9.58. The van der Waals surface area contributed by atoms with Crippen LogP contribution in [0, 0.1) is 0 Å². The summed E-state index contributed by atoms with van der Waals surface area (Å²) in [7, 11) is 1.33. The second-order valence-corrected chi connectivity index (χ2v) is 3.44. The highest BCUT2D eigenvalue weighted by Crippen LogP contribution is 2.31. The maximum absolute atomic E-state index is 11.4. The predicted octanol–water partition coefficient (Wildman–Crippen LogP) is 1.67. The van der Waals surface area contributed by atoms with Gasteiger partial charge in [-0.1, -0.05) is 6.07 Å². The molecule has 3 nitrogen and oxygen atoms in total. The lowest BCUT2D eigenvalue weighted by atomic mass is 10.0. The monoisotopic (exact) mass is 192 g/mol. The number of phenols is 1. The van der Waals surface area contributed by atoms with Crippen molar-refractivity contribution in [1.82, 2.24) is 0 Å². The molecule has 3 heteroatoms. The Morgan fingerprint density at radius 3 is 2.93 bits per heavy atom. The number of carbonyl (C=O) groups is 1. The molecule has 14 heavy (non-hydrogen) atoms. The van der Waals surface area contributed by atoms with Gasteiger partial charge in [-0.05, 0) is 36.5 Å². The molecular formula is C11H12O3. The number of hydrogen-bond donors (Lipinski definition) is 1. The van der Waals surface area contributed by atoms with Crippen LogP contribution in [-0.2, 0) is 17.6 Å². The highest BCUT2D eigenvalue weighted by atomic mass is 16.5. The molecule has 0 amide bonds. The van der Waals surface area contributed by atoms with Crippen LogP contribution in [0.25, 0.3) is 0 Å². The normalized spacial score (nSPS) is 13.8. The van der Waals surface area contributed by atoms with Gasteiger partial charge in [-0.25, -0.2) is 4.79 Å². The minimum absolute atomic E-state index is 0.0255. The van der Waals surface area contributed by atoms with Crippen LogP contribution in [0.1, 0.15) is 27.9 Å². The van der Waals surface area contributed by atoms with Crippen LogP contribution in [0.5, 0.6) is 5.75 Å². The summed E-state index contributed by atoms with van der Waals surface area (Å²) < 4.78 is 4.64. The summed E-state index contributed by atoms with van der Waals surface area (Å²) >= 11 is 0. The van der Waals surface area contributed by atoms with E-state index in [2.05, 4.69) is 4.74 Å². The fourth-order valence-electron chi connectivity index (χ4n) is 1.98. The molecule has 0 bridgehead atoms. The first kappa shape index (κ1) is 9.06. The lowest BCUT2D eigenvalue weighted by molar-refractivity contribution is 0.0596. The molecule has 0 saturated carbocycles. The Balaban J connectivity index is 2.57. The number of ether oxygens (including phenoxy) is 1. The fraction of sp³-hybridized carbons (Fsp3) is 0.364. The van der Waals surface area contributed by atoms with Gasteiger partial charge in [0.2, 0.25) is 0 Å². The number of hydrogen-bond acceptors (Lipinski definition) is 3. The van der Waals surface area contributed by atoms with Crippen LogP contribution in [0.15, 0.2) is 12.1 Å². The summed E-state index contributed by atoms with van der Waals surface area (Å²) in [4.78, 5) is 11.4. The molecule has 0 radical (unpaired) electrons. The van der Waals surface area contributed by atoms with Gasteiger partial charge in [0.05, 0.1) is 7.11 Å². The molecule has 0 fully saturated rings. The molecule has 0 aromatic heterocycles. The zero-order valence-electron chi connectivity index (χ0n) is 8.04. The van der Waals surface area contributed by atoms with E-state index in [1.54, 1.807) is 6.07 Å². The van der Waals surface area contributed by atoms with Crippen molar-refractivity contribution in [2.75, 3.05) is 7.11 Å². The first-order chi connectivity index (χ1) is 6.74. The average molecular weight is 192 g/mol. The largest absolute Gasteiger partial charge is 0.507 e. The van der Waals surface area contributed by atoms with E-state index >= 15 is 0 Å². The lowest BCUT2D eigenvalue weighted by Crippen LogP contribution is -2.05. The van der Waals surface area contributed by atoms with E-state index in [0.29, 0.717) is 5.56 Å². The minimum Gasteiger partial charge on any atom is -0.507 e. The molecule has 74 valence electrons. The zero-order valence-corrected chi connectivity index (χ0v) is 8.04. The molecule has 0 heterocycles. The molecule has 1 aliphatic carbocycles. The first-order valence-corrected chi connectivity index (χ1v) is 4.66. The SMILES string of the molecule is COC(=O)c1c(O)ccc2c1CCC2. The molecule has 0 spiro atoms. The number of benzene rings is 1. The van der Waals surface area contributed by atoms with Crippen molar-refractivity contribution in [3.8, 4) is 5.75 Å². The van der Waals surface area contributed by atoms with Crippen molar-refractivity contribution >= 4 is 5.97 Å². The molecule has 0 saturated heterocycles. The number of aromatic hydroxyl groups is 1. The maximum Gasteiger partial charge on any atom is 0.341 e. The van der Waals surface area contributed by atoms with Gasteiger partial charge in [0.1, 0.15) is 11.3 Å².